The number of ketones is 1. The van der Waals surface area contributed by atoms with Gasteiger partial charge in [-0.15, -0.1) is 10.2 Å². The first-order valence-electron chi connectivity index (χ1n) is 13.0. The predicted molar refractivity (Wildman–Crippen MR) is 162 cm³/mol. The van der Waals surface area contributed by atoms with Gasteiger partial charge in [0, 0.05) is 23.4 Å². The summed E-state index contributed by atoms with van der Waals surface area (Å²) in [6, 6.07) is 22.1. The van der Waals surface area contributed by atoms with Crippen LogP contribution in [0.3, 0.4) is 0 Å². The number of nitro benzene ring substituents is 1. The fourth-order valence-corrected chi connectivity index (χ4v) is 6.84. The number of nitrogens with zero attached hydrogens (tertiary/aromatic N) is 4. The summed E-state index contributed by atoms with van der Waals surface area (Å²) in [6.45, 7) is 1.55. The van der Waals surface area contributed by atoms with Crippen molar-refractivity contribution in [1.29, 1.82) is 0 Å². The van der Waals surface area contributed by atoms with Crippen LogP contribution in [0.25, 0.3) is 16.5 Å². The van der Waals surface area contributed by atoms with Crippen LogP contribution >= 0.6 is 23.1 Å². The standard InChI is InChI=1S/C31H21FN4O5S2/c1-17-12-13-20(15-24(17)32)27(37)25-26(19-8-5-10-22(14-19)36(40)41)35(29(39)28(25)38)30-33-34-31(43-30)42-16-21-9-4-7-18-6-2-3-11-23(18)21/h2-15,26,37H,16H2,1H3/b27-25-. The molecule has 0 bridgehead atoms. The molecule has 12 heteroatoms. The lowest BCUT2D eigenvalue weighted by atomic mass is 9.95. The molecule has 1 unspecified atom stereocenters. The Morgan fingerprint density at radius 2 is 1.81 bits per heavy atom. The zero-order valence-electron chi connectivity index (χ0n) is 22.4. The molecule has 43 heavy (non-hydrogen) atoms. The molecule has 0 radical (unpaired) electrons. The van der Waals surface area contributed by atoms with Gasteiger partial charge in [0.05, 0.1) is 16.5 Å². The normalized spacial score (nSPS) is 16.2. The SMILES string of the molecule is Cc1ccc(/C(O)=C2/C(=O)C(=O)N(c3nnc(SCc4cccc5ccccc45)s3)C2c2cccc([N+](=O)[O-])c2)cc1F. The van der Waals surface area contributed by atoms with Gasteiger partial charge in [0.2, 0.25) is 5.13 Å². The molecule has 1 aliphatic rings. The molecular weight excluding hydrogens is 591 g/mol. The second kappa shape index (κ2) is 11.4. The molecule has 1 N–H and O–H groups in total. The predicted octanol–water partition coefficient (Wildman–Crippen LogP) is 6.97. The number of aromatic nitrogens is 2. The summed E-state index contributed by atoms with van der Waals surface area (Å²) in [4.78, 5) is 38.9. The van der Waals surface area contributed by atoms with Gasteiger partial charge in [-0.1, -0.05) is 89.8 Å². The first kappa shape index (κ1) is 28.2. The number of hydrogen-bond acceptors (Lipinski definition) is 9. The summed E-state index contributed by atoms with van der Waals surface area (Å²) in [5.41, 5.74) is 0.988. The maximum Gasteiger partial charge on any atom is 0.301 e. The molecule has 6 rings (SSSR count). The van der Waals surface area contributed by atoms with E-state index >= 15 is 0 Å². The van der Waals surface area contributed by atoms with E-state index in [0.717, 1.165) is 38.6 Å². The quantitative estimate of drug-likeness (QED) is 0.0397. The molecular formula is C31H21FN4O5S2. The summed E-state index contributed by atoms with van der Waals surface area (Å²) < 4.78 is 14.9. The Hall–Kier alpha value is -4.94. The lowest BCUT2D eigenvalue weighted by Gasteiger charge is -2.22. The number of benzene rings is 4. The number of nitro groups is 1. The van der Waals surface area contributed by atoms with Crippen LogP contribution < -0.4 is 4.90 Å². The number of aliphatic hydroxyl groups is 1. The Morgan fingerprint density at radius 1 is 1.05 bits per heavy atom. The van der Waals surface area contributed by atoms with Crippen LogP contribution in [0.15, 0.2) is 94.8 Å². The molecule has 0 aliphatic carbocycles. The molecule has 2 heterocycles. The molecule has 9 nitrogen and oxygen atoms in total. The van der Waals surface area contributed by atoms with Crippen LogP contribution in [0.5, 0.6) is 0 Å². The maximum absolute atomic E-state index is 14.4. The highest BCUT2D eigenvalue weighted by Crippen LogP contribution is 2.44. The first-order valence-corrected chi connectivity index (χ1v) is 14.8. The molecule has 1 aromatic heterocycles. The molecule has 1 fully saturated rings. The number of non-ortho nitro benzene ring substituents is 1. The highest BCUT2D eigenvalue weighted by atomic mass is 32.2. The number of hydrogen-bond donors (Lipinski definition) is 1. The topological polar surface area (TPSA) is 127 Å². The minimum absolute atomic E-state index is 0.0138. The number of halogens is 1. The number of fused-ring (bicyclic) bond motifs is 1. The van der Waals surface area contributed by atoms with Crippen LogP contribution in [0.2, 0.25) is 0 Å². The number of carbonyl (C=O) groups excluding carboxylic acids is 2. The average Bonchev–Trinajstić information content (AvgIpc) is 3.58. The molecule has 0 saturated carbocycles. The van der Waals surface area contributed by atoms with E-state index in [2.05, 4.69) is 10.2 Å². The van der Waals surface area contributed by atoms with E-state index in [9.17, 15) is 29.2 Å². The van der Waals surface area contributed by atoms with Gasteiger partial charge in [-0.3, -0.25) is 24.6 Å². The lowest BCUT2D eigenvalue weighted by Crippen LogP contribution is -2.29. The van der Waals surface area contributed by atoms with Gasteiger partial charge in [0.25, 0.3) is 11.5 Å². The van der Waals surface area contributed by atoms with Crippen molar-refractivity contribution in [2.24, 2.45) is 0 Å². The van der Waals surface area contributed by atoms with Gasteiger partial charge >= 0.3 is 5.91 Å². The Bertz CT molecular complexity index is 1970. The first-order chi connectivity index (χ1) is 20.7. The van der Waals surface area contributed by atoms with Gasteiger partial charge in [0.1, 0.15) is 11.6 Å². The molecule has 1 saturated heterocycles. The van der Waals surface area contributed by atoms with Gasteiger partial charge in [-0.2, -0.15) is 0 Å². The van der Waals surface area contributed by atoms with Gasteiger partial charge in [-0.05, 0) is 40.5 Å². The smallest absolute Gasteiger partial charge is 0.301 e. The van der Waals surface area contributed by atoms with Crippen molar-refractivity contribution in [3.8, 4) is 0 Å². The molecule has 1 aliphatic heterocycles. The van der Waals surface area contributed by atoms with E-state index in [1.807, 2.05) is 42.5 Å². The van der Waals surface area contributed by atoms with Crippen LogP contribution in [-0.4, -0.2) is 31.9 Å². The molecule has 214 valence electrons. The Morgan fingerprint density at radius 3 is 2.60 bits per heavy atom. The Kier molecular flexibility index (Phi) is 7.46. The van der Waals surface area contributed by atoms with Crippen molar-refractivity contribution < 1.29 is 24.0 Å². The third-order valence-electron chi connectivity index (χ3n) is 7.12. The largest absolute Gasteiger partial charge is 0.507 e. The fourth-order valence-electron chi connectivity index (χ4n) is 4.97. The zero-order valence-corrected chi connectivity index (χ0v) is 24.1. The summed E-state index contributed by atoms with van der Waals surface area (Å²) in [5.74, 6) is -2.67. The number of rotatable bonds is 7. The molecule has 1 amide bonds. The van der Waals surface area contributed by atoms with Crippen molar-refractivity contribution in [2.45, 2.75) is 23.1 Å². The van der Waals surface area contributed by atoms with E-state index in [1.165, 1.54) is 48.2 Å². The van der Waals surface area contributed by atoms with Crippen molar-refractivity contribution in [1.82, 2.24) is 10.2 Å². The van der Waals surface area contributed by atoms with E-state index in [-0.39, 0.29) is 27.5 Å². The number of aliphatic hydroxyl groups excluding tert-OH is 1. The third kappa shape index (κ3) is 5.26. The van der Waals surface area contributed by atoms with Crippen molar-refractivity contribution in [2.75, 3.05) is 4.90 Å². The summed E-state index contributed by atoms with van der Waals surface area (Å²) >= 11 is 2.49. The second-order valence-electron chi connectivity index (χ2n) is 9.76. The number of carbonyl (C=O) groups is 2. The maximum atomic E-state index is 14.4. The van der Waals surface area contributed by atoms with Crippen LogP contribution in [0.4, 0.5) is 15.2 Å². The van der Waals surface area contributed by atoms with Gasteiger partial charge in [0.15, 0.2) is 4.34 Å². The van der Waals surface area contributed by atoms with E-state index in [1.54, 1.807) is 6.92 Å². The minimum atomic E-state index is -1.27. The average molecular weight is 613 g/mol. The highest BCUT2D eigenvalue weighted by Gasteiger charge is 2.48. The summed E-state index contributed by atoms with van der Waals surface area (Å²) in [5, 5.41) is 33.5. The van der Waals surface area contributed by atoms with Crippen molar-refractivity contribution in [3.63, 3.8) is 0 Å². The number of anilines is 1. The van der Waals surface area contributed by atoms with Gasteiger partial charge in [-0.25, -0.2) is 4.39 Å². The Labute approximate surface area is 252 Å². The third-order valence-corrected chi connectivity index (χ3v) is 9.22. The van der Waals surface area contributed by atoms with E-state index < -0.39 is 34.2 Å². The summed E-state index contributed by atoms with van der Waals surface area (Å²) in [7, 11) is 0. The molecule has 4 aromatic carbocycles. The second-order valence-corrected chi connectivity index (χ2v) is 11.9. The number of thioether (sulfide) groups is 1. The van der Waals surface area contributed by atoms with Gasteiger partial charge < -0.3 is 5.11 Å². The Balaban J connectivity index is 1.40. The van der Waals surface area contributed by atoms with Crippen molar-refractivity contribution >= 4 is 62.1 Å². The molecule has 0 spiro atoms. The van der Waals surface area contributed by atoms with E-state index in [0.29, 0.717) is 15.7 Å². The fraction of sp³-hybridized carbons (Fsp3) is 0.0968. The number of Topliss-reactive ketones (excluding diaryl/α,β-unsaturated/α-hetero) is 1. The minimum Gasteiger partial charge on any atom is -0.507 e. The zero-order chi connectivity index (χ0) is 30.2. The number of aryl methyl sites for hydroxylation is 1. The number of amides is 1. The highest BCUT2D eigenvalue weighted by molar-refractivity contribution is 8.00. The van der Waals surface area contributed by atoms with Crippen LogP contribution in [0.1, 0.15) is 28.3 Å². The summed E-state index contributed by atoms with van der Waals surface area (Å²) in [6.07, 6.45) is 0. The molecule has 1 atom stereocenters. The van der Waals surface area contributed by atoms with Crippen LogP contribution in [-0.2, 0) is 15.3 Å². The molecule has 5 aromatic rings. The van der Waals surface area contributed by atoms with Crippen molar-refractivity contribution in [3.05, 3.63) is 129 Å². The monoisotopic (exact) mass is 612 g/mol. The lowest BCUT2D eigenvalue weighted by molar-refractivity contribution is -0.384. The van der Waals surface area contributed by atoms with Crippen LogP contribution in [0, 0.1) is 22.9 Å². The van der Waals surface area contributed by atoms with E-state index in [4.69, 9.17) is 0 Å².